The van der Waals surface area contributed by atoms with Crippen LogP contribution in [-0.4, -0.2) is 21.8 Å². The van der Waals surface area contributed by atoms with Gasteiger partial charge in [-0.2, -0.15) is 0 Å². The molecule has 0 radical (unpaired) electrons. The van der Waals surface area contributed by atoms with E-state index in [-0.39, 0.29) is 29.9 Å². The maximum atomic E-state index is 11.7. The van der Waals surface area contributed by atoms with Crippen molar-refractivity contribution < 1.29 is 9.59 Å². The van der Waals surface area contributed by atoms with E-state index in [9.17, 15) is 9.59 Å². The van der Waals surface area contributed by atoms with Crippen LogP contribution >= 0.6 is 11.6 Å². The summed E-state index contributed by atoms with van der Waals surface area (Å²) in [7, 11) is 0. The van der Waals surface area contributed by atoms with Gasteiger partial charge in [0, 0.05) is 11.4 Å². The molecule has 0 unspecified atom stereocenters. The lowest BCUT2D eigenvalue weighted by atomic mass is 10.3. The van der Waals surface area contributed by atoms with Crippen molar-refractivity contribution in [2.75, 3.05) is 10.6 Å². The number of anilines is 2. The number of hydrogen-bond donors (Lipinski definition) is 2. The van der Waals surface area contributed by atoms with Crippen LogP contribution in [0.25, 0.3) is 11.0 Å². The predicted octanol–water partition coefficient (Wildman–Crippen LogP) is 3.15. The Kier molecular flexibility index (Phi) is 5.06. The summed E-state index contributed by atoms with van der Waals surface area (Å²) < 4.78 is 0. The molecule has 2 aromatic rings. The maximum absolute atomic E-state index is 11.7. The van der Waals surface area contributed by atoms with Gasteiger partial charge in [-0.1, -0.05) is 24.6 Å². The van der Waals surface area contributed by atoms with Crippen LogP contribution in [0.5, 0.6) is 0 Å². The summed E-state index contributed by atoms with van der Waals surface area (Å²) in [6.07, 6.45) is 3.25. The van der Waals surface area contributed by atoms with Gasteiger partial charge < -0.3 is 10.6 Å². The molecule has 0 aliphatic carbocycles. The number of rotatable bonds is 4. The second kappa shape index (κ2) is 7.00. The molecule has 0 aliphatic rings. The summed E-state index contributed by atoms with van der Waals surface area (Å²) in [5.41, 5.74) is 1.10. The number of fused-ring (bicyclic) bond motifs is 1. The number of nitrogens with one attached hydrogen (secondary N) is 2. The molecule has 0 fully saturated rings. The zero-order chi connectivity index (χ0) is 16.1. The third kappa shape index (κ3) is 3.79. The normalized spacial score (nSPS) is 10.9. The quantitative estimate of drug-likeness (QED) is 0.848. The molecule has 0 saturated heterocycles. The fraction of sp³-hybridized carbons (Fsp3) is 0.200. The maximum Gasteiger partial charge on any atom is 0.249 e. The Labute approximate surface area is 132 Å². The van der Waals surface area contributed by atoms with E-state index >= 15 is 0 Å². The minimum absolute atomic E-state index is 0.194. The highest BCUT2D eigenvalue weighted by atomic mass is 35.5. The number of carbonyl (C=O) groups excluding carboxylic acids is 2. The summed E-state index contributed by atoms with van der Waals surface area (Å²) in [4.78, 5) is 32.0. The molecule has 7 heteroatoms. The van der Waals surface area contributed by atoms with Gasteiger partial charge in [-0.25, -0.2) is 9.97 Å². The number of amides is 2. The van der Waals surface area contributed by atoms with E-state index in [2.05, 4.69) is 20.6 Å². The highest BCUT2D eigenvalue weighted by molar-refractivity contribution is 6.31. The van der Waals surface area contributed by atoms with Gasteiger partial charge in [-0.15, -0.1) is 0 Å². The van der Waals surface area contributed by atoms with Crippen molar-refractivity contribution in [3.63, 3.8) is 0 Å². The fourth-order valence-corrected chi connectivity index (χ4v) is 1.90. The van der Waals surface area contributed by atoms with Crippen molar-refractivity contribution in [1.29, 1.82) is 0 Å². The molecule has 0 spiro atoms. The summed E-state index contributed by atoms with van der Waals surface area (Å²) in [5, 5.41) is 5.74. The van der Waals surface area contributed by atoms with E-state index < -0.39 is 0 Å². The predicted molar refractivity (Wildman–Crippen MR) is 86.9 cm³/mol. The van der Waals surface area contributed by atoms with Crippen LogP contribution in [0.3, 0.4) is 0 Å². The third-order valence-electron chi connectivity index (χ3n) is 2.76. The molecular weight excluding hydrogens is 304 g/mol. The van der Waals surface area contributed by atoms with Gasteiger partial charge in [0.25, 0.3) is 0 Å². The van der Waals surface area contributed by atoms with Gasteiger partial charge in [-0.05, 0) is 31.2 Å². The molecule has 1 aromatic carbocycles. The molecule has 0 bridgehead atoms. The van der Waals surface area contributed by atoms with E-state index in [1.165, 1.54) is 6.08 Å². The largest absolute Gasteiger partial charge is 0.308 e. The number of aromatic nitrogens is 2. The van der Waals surface area contributed by atoms with E-state index in [0.29, 0.717) is 16.1 Å². The lowest BCUT2D eigenvalue weighted by Gasteiger charge is -2.10. The highest BCUT2D eigenvalue weighted by Gasteiger charge is 2.13. The molecule has 0 atom stereocenters. The second-order valence-electron chi connectivity index (χ2n) is 4.44. The van der Waals surface area contributed by atoms with E-state index in [1.54, 1.807) is 38.1 Å². The SMILES string of the molecule is CC=CC(=O)Nc1nc2ccc(Cl)cc2nc1NC(=O)CC. The topological polar surface area (TPSA) is 84.0 Å². The molecule has 0 saturated carbocycles. The van der Waals surface area contributed by atoms with Crippen molar-refractivity contribution in [1.82, 2.24) is 9.97 Å². The molecular formula is C15H15ClN4O2. The Balaban J connectivity index is 2.49. The first-order valence-corrected chi connectivity index (χ1v) is 7.12. The summed E-state index contributed by atoms with van der Waals surface area (Å²) in [5.74, 6) is -0.187. The average Bonchev–Trinajstić information content (AvgIpc) is 2.48. The Bertz CT molecular complexity index is 759. The minimum Gasteiger partial charge on any atom is -0.308 e. The lowest BCUT2D eigenvalue weighted by molar-refractivity contribution is -0.116. The molecule has 6 nitrogen and oxygen atoms in total. The number of benzene rings is 1. The smallest absolute Gasteiger partial charge is 0.249 e. The standard InChI is InChI=1S/C15H15ClN4O2/c1-3-5-13(22)20-14-15(19-12(21)4-2)18-11-8-9(16)6-7-10(11)17-14/h3,5-8H,4H2,1-2H3,(H,17,20,22)(H,18,19,21). The first-order chi connectivity index (χ1) is 10.5. The molecule has 0 aliphatic heterocycles. The molecule has 2 amide bonds. The van der Waals surface area contributed by atoms with Crippen molar-refractivity contribution in [2.45, 2.75) is 20.3 Å². The van der Waals surface area contributed by atoms with Crippen molar-refractivity contribution in [3.05, 3.63) is 35.4 Å². The number of nitrogens with zero attached hydrogens (tertiary/aromatic N) is 2. The Morgan fingerprint density at radius 2 is 1.86 bits per heavy atom. The Morgan fingerprint density at radius 1 is 1.18 bits per heavy atom. The van der Waals surface area contributed by atoms with Crippen LogP contribution in [0, 0.1) is 0 Å². The molecule has 1 heterocycles. The zero-order valence-corrected chi connectivity index (χ0v) is 12.9. The number of hydrogen-bond acceptors (Lipinski definition) is 4. The van der Waals surface area contributed by atoms with Gasteiger partial charge >= 0.3 is 0 Å². The van der Waals surface area contributed by atoms with Crippen molar-refractivity contribution in [2.24, 2.45) is 0 Å². The van der Waals surface area contributed by atoms with Crippen LogP contribution < -0.4 is 10.6 Å². The first kappa shape index (κ1) is 15.9. The van der Waals surface area contributed by atoms with Gasteiger partial charge in [0.2, 0.25) is 11.8 Å². The second-order valence-corrected chi connectivity index (χ2v) is 4.88. The van der Waals surface area contributed by atoms with Crippen LogP contribution in [0.1, 0.15) is 20.3 Å². The third-order valence-corrected chi connectivity index (χ3v) is 3.00. The number of halogens is 1. The summed E-state index contributed by atoms with van der Waals surface area (Å²) in [6.45, 7) is 3.45. The molecule has 2 rings (SSSR count). The summed E-state index contributed by atoms with van der Waals surface area (Å²) >= 11 is 5.94. The van der Waals surface area contributed by atoms with Crippen molar-refractivity contribution >= 4 is 46.1 Å². The fourth-order valence-electron chi connectivity index (χ4n) is 1.73. The first-order valence-electron chi connectivity index (χ1n) is 6.74. The van der Waals surface area contributed by atoms with E-state index in [1.807, 2.05) is 0 Å². The van der Waals surface area contributed by atoms with E-state index in [4.69, 9.17) is 11.6 Å². The van der Waals surface area contributed by atoms with Crippen LogP contribution in [0.4, 0.5) is 11.6 Å². The van der Waals surface area contributed by atoms with Gasteiger partial charge in [0.1, 0.15) is 0 Å². The van der Waals surface area contributed by atoms with Crippen LogP contribution in [0.2, 0.25) is 5.02 Å². The van der Waals surface area contributed by atoms with Gasteiger partial charge in [0.05, 0.1) is 11.0 Å². The Morgan fingerprint density at radius 3 is 2.55 bits per heavy atom. The molecule has 22 heavy (non-hydrogen) atoms. The summed E-state index contributed by atoms with van der Waals surface area (Å²) in [6, 6.07) is 5.02. The molecule has 2 N–H and O–H groups in total. The zero-order valence-electron chi connectivity index (χ0n) is 12.2. The molecule has 1 aromatic heterocycles. The van der Waals surface area contributed by atoms with Crippen LogP contribution in [0.15, 0.2) is 30.4 Å². The number of allylic oxidation sites excluding steroid dienone is 1. The van der Waals surface area contributed by atoms with Crippen molar-refractivity contribution in [3.8, 4) is 0 Å². The van der Waals surface area contributed by atoms with Crippen LogP contribution in [-0.2, 0) is 9.59 Å². The number of carbonyl (C=O) groups is 2. The van der Waals surface area contributed by atoms with Gasteiger partial charge in [-0.3, -0.25) is 9.59 Å². The lowest BCUT2D eigenvalue weighted by Crippen LogP contribution is -2.17. The minimum atomic E-state index is -0.350. The molecule has 114 valence electrons. The highest BCUT2D eigenvalue weighted by Crippen LogP contribution is 2.23. The van der Waals surface area contributed by atoms with Gasteiger partial charge in [0.15, 0.2) is 11.6 Å². The Hall–Kier alpha value is -2.47. The van der Waals surface area contributed by atoms with E-state index in [0.717, 1.165) is 0 Å². The monoisotopic (exact) mass is 318 g/mol. The average molecular weight is 319 g/mol.